The van der Waals surface area contributed by atoms with Crippen molar-refractivity contribution in [2.24, 2.45) is 0 Å². The normalized spacial score (nSPS) is 24.8. The number of ether oxygens (including phenoxy) is 10. The third kappa shape index (κ3) is 16.4. The summed E-state index contributed by atoms with van der Waals surface area (Å²) >= 11 is 0. The van der Waals surface area contributed by atoms with Crippen molar-refractivity contribution in [3.63, 3.8) is 0 Å². The van der Waals surface area contributed by atoms with E-state index in [1.165, 1.54) is 19.3 Å². The maximum atomic E-state index is 7.93. The van der Waals surface area contributed by atoms with Crippen LogP contribution in [0.2, 0.25) is 0 Å². The monoisotopic (exact) mass is 1080 g/mol. The van der Waals surface area contributed by atoms with E-state index in [9.17, 15) is 0 Å². The Morgan fingerprint density at radius 2 is 0.887 bits per heavy atom. The summed E-state index contributed by atoms with van der Waals surface area (Å²) in [6.07, 6.45) is -0.625. The molecule has 0 spiro atoms. The second-order valence-electron chi connectivity index (χ2n) is 21.2. The zero-order valence-electron chi connectivity index (χ0n) is 46.2. The Kier molecular flexibility index (Phi) is 22.1. The summed E-state index contributed by atoms with van der Waals surface area (Å²) in [5.74, 6) is 0. The van der Waals surface area contributed by atoms with E-state index < -0.39 is 67.6 Å². The first kappa shape index (κ1) is 57.3. The van der Waals surface area contributed by atoms with Crippen molar-refractivity contribution in [1.29, 1.82) is 0 Å². The molecule has 80 heavy (non-hydrogen) atoms. The number of rotatable bonds is 29. The zero-order chi connectivity index (χ0) is 54.4. The van der Waals surface area contributed by atoms with E-state index in [0.717, 1.165) is 58.2 Å². The highest BCUT2D eigenvalue weighted by molar-refractivity contribution is 5.21. The molecule has 7 aromatic rings. The van der Waals surface area contributed by atoms with E-state index in [1.54, 1.807) is 0 Å². The molecule has 3 aliphatic rings. The fraction of sp³-hybridized carbons (Fsp3) is 0.391. The molecule has 3 fully saturated rings. The molecule has 3 heterocycles. The van der Waals surface area contributed by atoms with Crippen molar-refractivity contribution in [1.82, 2.24) is 4.90 Å². The summed E-state index contributed by atoms with van der Waals surface area (Å²) < 4.78 is 71.7. The number of hydrogen-bond donors (Lipinski definition) is 0. The fourth-order valence-corrected chi connectivity index (χ4v) is 11.0. The van der Waals surface area contributed by atoms with Gasteiger partial charge in [-0.15, -0.1) is 0 Å². The van der Waals surface area contributed by atoms with Gasteiger partial charge in [0, 0.05) is 25.3 Å². The van der Waals surface area contributed by atoms with Crippen molar-refractivity contribution in [2.45, 2.75) is 153 Å². The van der Waals surface area contributed by atoms with Crippen LogP contribution in [-0.2, 0) is 86.9 Å². The first-order chi connectivity index (χ1) is 39.6. The highest BCUT2D eigenvalue weighted by Crippen LogP contribution is 2.41. The Balaban J connectivity index is 1.09. The second kappa shape index (κ2) is 30.8. The molecule has 0 saturated carbocycles. The van der Waals surface area contributed by atoms with Crippen LogP contribution in [0.5, 0.6) is 0 Å². The van der Waals surface area contributed by atoms with Crippen molar-refractivity contribution in [2.75, 3.05) is 19.8 Å². The predicted molar refractivity (Wildman–Crippen MR) is 309 cm³/mol. The lowest BCUT2D eigenvalue weighted by atomic mass is 9.92. The summed E-state index contributed by atoms with van der Waals surface area (Å²) in [6.45, 7) is 5.49. The molecular weight excluding hydrogens is 1000 g/mol. The fourth-order valence-electron chi connectivity index (χ4n) is 11.0. The van der Waals surface area contributed by atoms with Crippen LogP contribution in [0.25, 0.3) is 0 Å². The third-order valence-electron chi connectivity index (χ3n) is 15.2. The minimum Gasteiger partial charge on any atom is -0.374 e. The molecule has 1 unspecified atom stereocenters. The van der Waals surface area contributed by atoms with Gasteiger partial charge >= 0.3 is 0 Å². The van der Waals surface area contributed by atoms with E-state index in [0.29, 0.717) is 39.5 Å². The lowest BCUT2D eigenvalue weighted by Gasteiger charge is -2.53. The van der Waals surface area contributed by atoms with E-state index >= 15 is 0 Å². The van der Waals surface area contributed by atoms with Gasteiger partial charge in [-0.1, -0.05) is 251 Å². The maximum absolute atomic E-state index is 7.93. The van der Waals surface area contributed by atoms with Crippen LogP contribution in [0.15, 0.2) is 212 Å². The van der Waals surface area contributed by atoms with Gasteiger partial charge in [0.05, 0.1) is 45.7 Å². The van der Waals surface area contributed by atoms with Crippen molar-refractivity contribution in [3.8, 4) is 0 Å². The molecule has 3 aliphatic heterocycles. The van der Waals surface area contributed by atoms with E-state index in [1.807, 2.05) is 103 Å². The van der Waals surface area contributed by atoms with Crippen molar-refractivity contribution >= 4 is 0 Å². The Morgan fingerprint density at radius 3 is 1.43 bits per heavy atom. The number of nitrogens with zero attached hydrogens (tertiary/aromatic N) is 1. The topological polar surface area (TPSA) is 95.5 Å². The molecule has 0 radical (unpaired) electrons. The average molecular weight is 1080 g/mol. The molecule has 0 bridgehead atoms. The van der Waals surface area contributed by atoms with Gasteiger partial charge < -0.3 is 47.4 Å². The smallest absolute Gasteiger partial charge is 0.186 e. The van der Waals surface area contributed by atoms with Gasteiger partial charge in [0.1, 0.15) is 42.7 Å². The molecule has 11 nitrogen and oxygen atoms in total. The molecule has 3 saturated heterocycles. The van der Waals surface area contributed by atoms with Crippen LogP contribution < -0.4 is 0 Å². The van der Waals surface area contributed by atoms with E-state index in [4.69, 9.17) is 47.4 Å². The Bertz CT molecular complexity index is 2730. The highest BCUT2D eigenvalue weighted by Gasteiger charge is 2.57. The zero-order valence-corrected chi connectivity index (χ0v) is 46.2. The Morgan fingerprint density at radius 1 is 0.425 bits per heavy atom. The van der Waals surface area contributed by atoms with E-state index in [2.05, 4.69) is 121 Å². The number of unbranched alkanes of at least 4 members (excludes halogenated alkanes) is 5. The largest absolute Gasteiger partial charge is 0.374 e. The minimum absolute atomic E-state index is 0.182. The van der Waals surface area contributed by atoms with Gasteiger partial charge in [0.15, 0.2) is 18.9 Å². The quantitative estimate of drug-likeness (QED) is 0.0420. The maximum Gasteiger partial charge on any atom is 0.186 e. The summed E-state index contributed by atoms with van der Waals surface area (Å²) in [7, 11) is 0. The molecule has 0 amide bonds. The van der Waals surface area contributed by atoms with Crippen LogP contribution in [0, 0.1) is 0 Å². The van der Waals surface area contributed by atoms with Crippen LogP contribution in [0.3, 0.4) is 0 Å². The first-order valence-electron chi connectivity index (χ1n) is 29.0. The molecule has 11 atom stereocenters. The molecule has 0 aromatic heterocycles. The third-order valence-corrected chi connectivity index (χ3v) is 15.2. The lowest BCUT2D eigenvalue weighted by molar-refractivity contribution is -0.396. The predicted octanol–water partition coefficient (Wildman–Crippen LogP) is 13.4. The molecule has 7 aromatic carbocycles. The van der Waals surface area contributed by atoms with Crippen LogP contribution >= 0.6 is 0 Å². The standard InChI is InChI=1S/C69H79NO10/c1-2-3-4-5-6-28-43-72-69-66(75-49-57-39-24-12-25-40-57)65(63-60(78-69)51-76-67(79-63)58-41-26-13-27-42-58)80-68-61(70(44-52-29-14-7-15-30-52)45-53-31-16-8-17-32-53)64(74-48-56-37-22-11-23-38-56)62(73-47-55-35-20-10-21-36-55)59(77-68)50-71-46-54-33-18-9-19-34-54/h7-27,29-42,59-69H,2-6,28,43-51H2,1H3/t59-,60-,61-,62+,63+,64-,65+,66-,67?,68+,69-/m1/s1. The second-order valence-corrected chi connectivity index (χ2v) is 21.2. The highest BCUT2D eigenvalue weighted by atomic mass is 16.8. The van der Waals surface area contributed by atoms with Gasteiger partial charge in [-0.25, -0.2) is 0 Å². The van der Waals surface area contributed by atoms with E-state index in [-0.39, 0.29) is 19.8 Å². The average Bonchev–Trinajstić information content (AvgIpc) is 3.51. The van der Waals surface area contributed by atoms with Crippen molar-refractivity contribution in [3.05, 3.63) is 251 Å². The van der Waals surface area contributed by atoms with Crippen LogP contribution in [0.1, 0.15) is 90.7 Å². The SMILES string of the molecule is CCCCCCCCO[C@@H]1O[C@@H]2COC(c3ccccc3)O[C@@H]2[C@H](O[C@@H]2O[C@H](COCc3ccccc3)[C@H](OCc3ccccc3)[C@H](OCc3ccccc3)[C@H]2N(Cc2ccccc2)Cc2ccccc2)[C@H]1OCc1ccccc1. The first-order valence-corrected chi connectivity index (χ1v) is 29.0. The molecule has 0 N–H and O–H groups in total. The summed E-state index contributed by atoms with van der Waals surface area (Å²) in [6, 6.07) is 71.6. The van der Waals surface area contributed by atoms with Gasteiger partial charge in [-0.3, -0.25) is 4.90 Å². The summed E-state index contributed by atoms with van der Waals surface area (Å²) in [5, 5.41) is 0. The summed E-state index contributed by atoms with van der Waals surface area (Å²) in [5.41, 5.74) is 7.24. The summed E-state index contributed by atoms with van der Waals surface area (Å²) in [4.78, 5) is 2.44. The van der Waals surface area contributed by atoms with Crippen LogP contribution in [0.4, 0.5) is 0 Å². The molecule has 420 valence electrons. The molecule has 0 aliphatic carbocycles. The lowest BCUT2D eigenvalue weighted by Crippen LogP contribution is -2.69. The Labute approximate surface area is 474 Å². The number of fused-ring (bicyclic) bond motifs is 1. The molecule has 11 heteroatoms. The van der Waals surface area contributed by atoms with Crippen LogP contribution in [-0.4, -0.2) is 86.1 Å². The van der Waals surface area contributed by atoms with Gasteiger partial charge in [-0.05, 0) is 39.8 Å². The minimum atomic E-state index is -0.988. The number of benzene rings is 7. The van der Waals surface area contributed by atoms with Gasteiger partial charge in [-0.2, -0.15) is 0 Å². The van der Waals surface area contributed by atoms with Crippen molar-refractivity contribution < 1.29 is 47.4 Å². The number of hydrogen-bond acceptors (Lipinski definition) is 11. The molecule has 10 rings (SSSR count). The van der Waals surface area contributed by atoms with Gasteiger partial charge in [0.25, 0.3) is 0 Å². The molecular formula is C69H79NO10. The Hall–Kier alpha value is -5.90. The van der Waals surface area contributed by atoms with Gasteiger partial charge in [0.2, 0.25) is 0 Å².